The van der Waals surface area contributed by atoms with Crippen LogP contribution in [0.3, 0.4) is 0 Å². The van der Waals surface area contributed by atoms with Gasteiger partial charge in [-0.3, -0.25) is 4.79 Å². The third-order valence-electron chi connectivity index (χ3n) is 2.90. The maximum Gasteiger partial charge on any atom is 0.224 e. The summed E-state index contributed by atoms with van der Waals surface area (Å²) < 4.78 is 26.1. The predicted molar refractivity (Wildman–Crippen MR) is 72.2 cm³/mol. The van der Waals surface area contributed by atoms with E-state index in [1.807, 2.05) is 13.8 Å². The summed E-state index contributed by atoms with van der Waals surface area (Å²) in [6.45, 7) is 4.46. The Balaban J connectivity index is 2.52. The van der Waals surface area contributed by atoms with Gasteiger partial charge in [0.05, 0.1) is 6.42 Å². The van der Waals surface area contributed by atoms with Crippen molar-refractivity contribution in [3.63, 3.8) is 0 Å². The van der Waals surface area contributed by atoms with Crippen molar-refractivity contribution < 1.29 is 13.6 Å². The lowest BCUT2D eigenvalue weighted by molar-refractivity contribution is -0.120. The average molecular weight is 290 g/mol. The van der Waals surface area contributed by atoms with Crippen LogP contribution in [0, 0.1) is 17.0 Å². The number of halogens is 3. The first-order chi connectivity index (χ1) is 8.84. The molecule has 1 rings (SSSR count). The Morgan fingerprint density at radius 1 is 1.37 bits per heavy atom. The van der Waals surface area contributed by atoms with Gasteiger partial charge in [0.15, 0.2) is 0 Å². The highest BCUT2D eigenvalue weighted by molar-refractivity contribution is 6.17. The SMILES string of the molecule is CC(C)(CCCl)CNC(=O)Cc1ccc(F)cc1F. The molecule has 0 bridgehead atoms. The second-order valence-corrected chi connectivity index (χ2v) is 5.67. The highest BCUT2D eigenvalue weighted by Crippen LogP contribution is 2.19. The van der Waals surface area contributed by atoms with Gasteiger partial charge in [-0.15, -0.1) is 11.6 Å². The van der Waals surface area contributed by atoms with Crippen LogP contribution in [0.2, 0.25) is 0 Å². The van der Waals surface area contributed by atoms with Gasteiger partial charge in [-0.25, -0.2) is 8.78 Å². The summed E-state index contributed by atoms with van der Waals surface area (Å²) >= 11 is 5.67. The number of nitrogens with one attached hydrogen (secondary N) is 1. The van der Waals surface area contributed by atoms with Crippen molar-refractivity contribution in [2.45, 2.75) is 26.7 Å². The number of hydrogen-bond donors (Lipinski definition) is 1. The first-order valence-corrected chi connectivity index (χ1v) is 6.64. The zero-order chi connectivity index (χ0) is 14.5. The van der Waals surface area contributed by atoms with Gasteiger partial charge in [-0.1, -0.05) is 19.9 Å². The van der Waals surface area contributed by atoms with E-state index in [4.69, 9.17) is 11.6 Å². The van der Waals surface area contributed by atoms with Crippen LogP contribution in [0.5, 0.6) is 0 Å². The van der Waals surface area contributed by atoms with Gasteiger partial charge in [0.2, 0.25) is 5.91 Å². The summed E-state index contributed by atoms with van der Waals surface area (Å²) in [7, 11) is 0. The van der Waals surface area contributed by atoms with Crippen molar-refractivity contribution in [1.29, 1.82) is 0 Å². The monoisotopic (exact) mass is 289 g/mol. The fraction of sp³-hybridized carbons (Fsp3) is 0.500. The Hall–Kier alpha value is -1.16. The van der Waals surface area contributed by atoms with Gasteiger partial charge in [0.25, 0.3) is 0 Å². The van der Waals surface area contributed by atoms with E-state index in [9.17, 15) is 13.6 Å². The topological polar surface area (TPSA) is 29.1 Å². The summed E-state index contributed by atoms with van der Waals surface area (Å²) in [5.74, 6) is -1.11. The van der Waals surface area contributed by atoms with Crippen LogP contribution in [0.1, 0.15) is 25.8 Å². The van der Waals surface area contributed by atoms with E-state index < -0.39 is 11.6 Å². The van der Waals surface area contributed by atoms with E-state index in [2.05, 4.69) is 5.32 Å². The molecule has 1 aromatic carbocycles. The minimum absolute atomic E-state index is 0.0942. The Morgan fingerprint density at radius 3 is 2.63 bits per heavy atom. The molecule has 5 heteroatoms. The highest BCUT2D eigenvalue weighted by Gasteiger charge is 2.18. The molecule has 0 aliphatic carbocycles. The van der Waals surface area contributed by atoms with E-state index in [0.717, 1.165) is 18.6 Å². The van der Waals surface area contributed by atoms with E-state index in [0.29, 0.717) is 12.4 Å². The molecular weight excluding hydrogens is 272 g/mol. The maximum absolute atomic E-state index is 13.4. The van der Waals surface area contributed by atoms with Crippen LogP contribution in [0.25, 0.3) is 0 Å². The zero-order valence-corrected chi connectivity index (χ0v) is 11.9. The average Bonchev–Trinajstić information content (AvgIpc) is 2.30. The van der Waals surface area contributed by atoms with Crippen molar-refractivity contribution >= 4 is 17.5 Å². The third kappa shape index (κ3) is 5.55. The van der Waals surface area contributed by atoms with Crippen molar-refractivity contribution in [2.75, 3.05) is 12.4 Å². The number of benzene rings is 1. The van der Waals surface area contributed by atoms with Crippen LogP contribution < -0.4 is 5.32 Å². The number of carbonyl (C=O) groups excluding carboxylic acids is 1. The summed E-state index contributed by atoms with van der Waals surface area (Å²) in [6, 6.07) is 3.21. The van der Waals surface area contributed by atoms with Crippen LogP contribution in [0.4, 0.5) is 8.78 Å². The summed E-state index contributed by atoms with van der Waals surface area (Å²) in [5.41, 5.74) is 0.0905. The molecule has 0 aromatic heterocycles. The molecule has 0 saturated carbocycles. The summed E-state index contributed by atoms with van der Waals surface area (Å²) in [6.07, 6.45) is 0.683. The van der Waals surface area contributed by atoms with Crippen LogP contribution in [-0.4, -0.2) is 18.3 Å². The van der Waals surface area contributed by atoms with E-state index in [1.165, 1.54) is 6.07 Å². The van der Waals surface area contributed by atoms with Crippen LogP contribution in [0.15, 0.2) is 18.2 Å². The molecule has 2 nitrogen and oxygen atoms in total. The molecule has 106 valence electrons. The molecule has 0 radical (unpaired) electrons. The molecule has 0 unspecified atom stereocenters. The molecule has 0 fully saturated rings. The van der Waals surface area contributed by atoms with Gasteiger partial charge < -0.3 is 5.32 Å². The largest absolute Gasteiger partial charge is 0.355 e. The minimum atomic E-state index is -0.699. The lowest BCUT2D eigenvalue weighted by Crippen LogP contribution is -2.35. The Kier molecular flexibility index (Phi) is 5.73. The molecule has 0 spiro atoms. The maximum atomic E-state index is 13.4. The van der Waals surface area contributed by atoms with Crippen LogP contribution >= 0.6 is 11.6 Å². The number of hydrogen-bond acceptors (Lipinski definition) is 1. The predicted octanol–water partition coefficient (Wildman–Crippen LogP) is 3.28. The number of alkyl halides is 1. The first-order valence-electron chi connectivity index (χ1n) is 6.11. The summed E-state index contributed by atoms with van der Waals surface area (Å²) in [5, 5.41) is 2.74. The lowest BCUT2D eigenvalue weighted by Gasteiger charge is -2.23. The normalized spacial score (nSPS) is 11.4. The Morgan fingerprint density at radius 2 is 2.05 bits per heavy atom. The van der Waals surface area contributed by atoms with E-state index >= 15 is 0 Å². The molecule has 0 atom stereocenters. The number of rotatable bonds is 6. The van der Waals surface area contributed by atoms with Crippen molar-refractivity contribution in [1.82, 2.24) is 5.32 Å². The molecule has 0 heterocycles. The first kappa shape index (κ1) is 15.9. The van der Waals surface area contributed by atoms with Gasteiger partial charge in [0, 0.05) is 18.5 Å². The Labute approximate surface area is 117 Å². The molecule has 0 aliphatic heterocycles. The molecule has 0 aliphatic rings. The molecular formula is C14H18ClF2NO. The highest BCUT2D eigenvalue weighted by atomic mass is 35.5. The molecule has 1 N–H and O–H groups in total. The molecule has 19 heavy (non-hydrogen) atoms. The van der Waals surface area contributed by atoms with Crippen molar-refractivity contribution in [2.24, 2.45) is 5.41 Å². The standard InChI is InChI=1S/C14H18ClF2NO/c1-14(2,5-6-15)9-18-13(19)7-10-3-4-11(16)8-12(10)17/h3-4,8H,5-7,9H2,1-2H3,(H,18,19). The molecule has 1 aromatic rings. The zero-order valence-electron chi connectivity index (χ0n) is 11.1. The van der Waals surface area contributed by atoms with Crippen LogP contribution in [-0.2, 0) is 11.2 Å². The van der Waals surface area contributed by atoms with Gasteiger partial charge in [-0.2, -0.15) is 0 Å². The lowest BCUT2D eigenvalue weighted by atomic mass is 9.90. The number of carbonyl (C=O) groups is 1. The molecule has 1 amide bonds. The fourth-order valence-corrected chi connectivity index (χ4v) is 2.09. The van der Waals surface area contributed by atoms with E-state index in [1.54, 1.807) is 0 Å². The van der Waals surface area contributed by atoms with Gasteiger partial charge >= 0.3 is 0 Å². The molecule has 0 saturated heterocycles. The van der Waals surface area contributed by atoms with Crippen molar-refractivity contribution in [3.8, 4) is 0 Å². The minimum Gasteiger partial charge on any atom is -0.355 e. The van der Waals surface area contributed by atoms with Crippen molar-refractivity contribution in [3.05, 3.63) is 35.4 Å². The smallest absolute Gasteiger partial charge is 0.224 e. The quantitative estimate of drug-likeness (QED) is 0.800. The third-order valence-corrected chi connectivity index (χ3v) is 3.09. The fourth-order valence-electron chi connectivity index (χ4n) is 1.58. The summed E-state index contributed by atoms with van der Waals surface area (Å²) in [4.78, 5) is 11.7. The van der Waals surface area contributed by atoms with E-state index in [-0.39, 0.29) is 23.3 Å². The van der Waals surface area contributed by atoms with Gasteiger partial charge in [0.1, 0.15) is 11.6 Å². The number of amides is 1. The Bertz CT molecular complexity index is 449. The van der Waals surface area contributed by atoms with Gasteiger partial charge in [-0.05, 0) is 23.5 Å². The second kappa shape index (κ2) is 6.85. The second-order valence-electron chi connectivity index (χ2n) is 5.29.